The van der Waals surface area contributed by atoms with Crippen molar-refractivity contribution in [1.29, 1.82) is 0 Å². The molecule has 180 valence electrons. The van der Waals surface area contributed by atoms with Gasteiger partial charge in [-0.1, -0.05) is 0 Å². The number of ether oxygens (including phenoxy) is 2. The largest absolute Gasteiger partial charge is 0.473 e. The second-order valence-electron chi connectivity index (χ2n) is 8.38. The van der Waals surface area contributed by atoms with Crippen LogP contribution in [0.1, 0.15) is 25.0 Å². The summed E-state index contributed by atoms with van der Waals surface area (Å²) >= 11 is 0. The summed E-state index contributed by atoms with van der Waals surface area (Å²) in [5, 5.41) is 0. The van der Waals surface area contributed by atoms with Crippen molar-refractivity contribution in [2.45, 2.75) is 38.7 Å². The first-order valence-electron chi connectivity index (χ1n) is 10.0. The fourth-order valence-corrected chi connectivity index (χ4v) is 3.47. The lowest BCUT2D eigenvalue weighted by molar-refractivity contribution is -0.137. The Morgan fingerprint density at radius 3 is 2.41 bits per heavy atom. The number of alkyl halides is 3. The monoisotopic (exact) mass is 482 g/mol. The Balaban J connectivity index is 1.51. The zero-order valence-corrected chi connectivity index (χ0v) is 18.3. The minimum atomic E-state index is -4.69. The summed E-state index contributed by atoms with van der Waals surface area (Å²) in [7, 11) is 1.82. The van der Waals surface area contributed by atoms with Gasteiger partial charge in [0.1, 0.15) is 18.2 Å². The Morgan fingerprint density at radius 2 is 1.76 bits per heavy atom. The number of halogens is 5. The van der Waals surface area contributed by atoms with E-state index in [1.54, 1.807) is 6.07 Å². The molecule has 0 fully saturated rings. The van der Waals surface area contributed by atoms with E-state index >= 15 is 0 Å². The summed E-state index contributed by atoms with van der Waals surface area (Å²) in [4.78, 5) is 21.5. The van der Waals surface area contributed by atoms with Crippen LogP contribution in [0, 0.1) is 11.6 Å². The van der Waals surface area contributed by atoms with Gasteiger partial charge in [-0.25, -0.2) is 13.6 Å². The molecule has 0 saturated carbocycles. The number of likely N-dealkylation sites (N-methyl/N-ethyl adjacent to an activating group) is 1. The van der Waals surface area contributed by atoms with Gasteiger partial charge in [0, 0.05) is 19.3 Å². The number of fused-ring (bicyclic) bond motifs is 1. The summed E-state index contributed by atoms with van der Waals surface area (Å²) < 4.78 is 79.4. The lowest BCUT2D eigenvalue weighted by atomic mass is 10.1. The second kappa shape index (κ2) is 8.26. The number of hydrogen-bond acceptors (Lipinski definition) is 6. The van der Waals surface area contributed by atoms with Crippen LogP contribution in [0.5, 0.6) is 17.4 Å². The normalized spacial score (nSPS) is 14.8. The van der Waals surface area contributed by atoms with Crippen LogP contribution in [0.15, 0.2) is 41.5 Å². The molecular weight excluding hydrogens is 463 g/mol. The lowest BCUT2D eigenvalue weighted by Crippen LogP contribution is -2.38. The maximum absolute atomic E-state index is 14.5. The van der Waals surface area contributed by atoms with Crippen molar-refractivity contribution in [2.24, 2.45) is 0 Å². The van der Waals surface area contributed by atoms with E-state index < -0.39 is 40.6 Å². The van der Waals surface area contributed by atoms with Gasteiger partial charge >= 0.3 is 11.9 Å². The Morgan fingerprint density at radius 1 is 1.09 bits per heavy atom. The van der Waals surface area contributed by atoms with Crippen molar-refractivity contribution in [2.75, 3.05) is 11.9 Å². The SMILES string of the molecule is CN1c2cc(OCc3cc(F)c(Oc4cncc(C(F)(F)F)c4)c(F)c3)nc(=O)n2CC1(C)C. The van der Waals surface area contributed by atoms with Crippen LogP contribution in [-0.4, -0.2) is 27.1 Å². The minimum Gasteiger partial charge on any atom is -0.473 e. The molecule has 34 heavy (non-hydrogen) atoms. The Kier molecular flexibility index (Phi) is 5.70. The number of anilines is 1. The molecule has 2 aromatic heterocycles. The zero-order valence-electron chi connectivity index (χ0n) is 18.3. The van der Waals surface area contributed by atoms with Crippen LogP contribution in [0.3, 0.4) is 0 Å². The van der Waals surface area contributed by atoms with Crippen molar-refractivity contribution < 1.29 is 31.4 Å². The van der Waals surface area contributed by atoms with Gasteiger partial charge in [0.05, 0.1) is 23.8 Å². The molecule has 3 heterocycles. The number of rotatable bonds is 5. The molecule has 4 rings (SSSR count). The van der Waals surface area contributed by atoms with Gasteiger partial charge in [0.15, 0.2) is 17.4 Å². The zero-order chi connectivity index (χ0) is 24.8. The average Bonchev–Trinajstić information content (AvgIpc) is 2.98. The van der Waals surface area contributed by atoms with Crippen LogP contribution >= 0.6 is 0 Å². The average molecular weight is 482 g/mol. The smallest absolute Gasteiger partial charge is 0.418 e. The highest BCUT2D eigenvalue weighted by Gasteiger charge is 2.35. The highest BCUT2D eigenvalue weighted by molar-refractivity contribution is 5.48. The molecular formula is C22H19F5N4O3. The van der Waals surface area contributed by atoms with E-state index in [-0.39, 0.29) is 23.6 Å². The van der Waals surface area contributed by atoms with Gasteiger partial charge in [0.2, 0.25) is 5.88 Å². The Labute approximate surface area is 190 Å². The van der Waals surface area contributed by atoms with Gasteiger partial charge in [-0.15, -0.1) is 0 Å². The number of pyridine rings is 1. The third kappa shape index (κ3) is 4.52. The number of benzene rings is 1. The molecule has 0 atom stereocenters. The fraction of sp³-hybridized carbons (Fsp3) is 0.318. The van der Waals surface area contributed by atoms with Crippen molar-refractivity contribution in [1.82, 2.24) is 14.5 Å². The van der Waals surface area contributed by atoms with E-state index in [0.29, 0.717) is 24.6 Å². The molecule has 0 saturated heterocycles. The number of aromatic nitrogens is 3. The standard InChI is InChI=1S/C22H19F5N4O3/c1-21(2)11-31-18(30(21)3)7-17(29-20(31)32)33-10-12-4-15(23)19(16(24)5-12)34-14-6-13(8-28-9-14)22(25,26)27/h4-9H,10-11H2,1-3H3. The van der Waals surface area contributed by atoms with Crippen molar-refractivity contribution in [3.8, 4) is 17.4 Å². The molecule has 0 unspecified atom stereocenters. The quantitative estimate of drug-likeness (QED) is 0.498. The maximum Gasteiger partial charge on any atom is 0.418 e. The molecule has 0 radical (unpaired) electrons. The molecule has 12 heteroatoms. The van der Waals surface area contributed by atoms with E-state index in [4.69, 9.17) is 9.47 Å². The first-order chi connectivity index (χ1) is 15.8. The molecule has 1 aliphatic rings. The van der Waals surface area contributed by atoms with Crippen molar-refractivity contribution in [3.63, 3.8) is 0 Å². The number of nitrogens with zero attached hydrogens (tertiary/aromatic N) is 4. The first-order valence-corrected chi connectivity index (χ1v) is 10.0. The van der Waals surface area contributed by atoms with E-state index in [0.717, 1.165) is 18.3 Å². The van der Waals surface area contributed by atoms with Gasteiger partial charge in [-0.3, -0.25) is 9.55 Å². The molecule has 0 bridgehead atoms. The highest BCUT2D eigenvalue weighted by Crippen LogP contribution is 2.34. The molecule has 7 nitrogen and oxygen atoms in total. The van der Waals surface area contributed by atoms with Crippen LogP contribution in [0.25, 0.3) is 0 Å². The summed E-state index contributed by atoms with van der Waals surface area (Å²) in [6.07, 6.45) is -3.22. The Hall–Kier alpha value is -3.70. The molecule has 1 aromatic carbocycles. The topological polar surface area (TPSA) is 69.5 Å². The summed E-state index contributed by atoms with van der Waals surface area (Å²) in [6.45, 7) is 4.06. The van der Waals surface area contributed by atoms with Gasteiger partial charge < -0.3 is 14.4 Å². The molecule has 3 aromatic rings. The number of hydrogen-bond donors (Lipinski definition) is 0. The van der Waals surface area contributed by atoms with Crippen LogP contribution in [0.2, 0.25) is 0 Å². The summed E-state index contributed by atoms with van der Waals surface area (Å²) in [6, 6.07) is 3.96. The third-order valence-corrected chi connectivity index (χ3v) is 5.47. The van der Waals surface area contributed by atoms with Crippen molar-refractivity contribution in [3.05, 3.63) is 69.9 Å². The van der Waals surface area contributed by atoms with Crippen molar-refractivity contribution >= 4 is 5.82 Å². The molecule has 0 N–H and O–H groups in total. The van der Waals surface area contributed by atoms with Gasteiger partial charge in [-0.2, -0.15) is 18.2 Å². The molecule has 0 spiro atoms. The van der Waals surface area contributed by atoms with E-state index in [1.165, 1.54) is 4.57 Å². The molecule has 0 aliphatic carbocycles. The van der Waals surface area contributed by atoms with Gasteiger partial charge in [-0.05, 0) is 37.6 Å². The third-order valence-electron chi connectivity index (χ3n) is 5.47. The lowest BCUT2D eigenvalue weighted by Gasteiger charge is -2.28. The van der Waals surface area contributed by atoms with Crippen LogP contribution < -0.4 is 20.1 Å². The fourth-order valence-electron chi connectivity index (χ4n) is 3.47. The summed E-state index contributed by atoms with van der Waals surface area (Å²) in [5.41, 5.74) is -1.88. The summed E-state index contributed by atoms with van der Waals surface area (Å²) in [5.74, 6) is -3.10. The predicted octanol–water partition coefficient (Wildman–Crippen LogP) is 4.54. The predicted molar refractivity (Wildman–Crippen MR) is 111 cm³/mol. The van der Waals surface area contributed by atoms with E-state index in [2.05, 4.69) is 9.97 Å². The van der Waals surface area contributed by atoms with Crippen LogP contribution in [-0.2, 0) is 19.3 Å². The minimum absolute atomic E-state index is 0.0167. The maximum atomic E-state index is 14.5. The van der Waals surface area contributed by atoms with E-state index in [9.17, 15) is 26.7 Å². The molecule has 0 amide bonds. The van der Waals surface area contributed by atoms with Gasteiger partial charge in [0.25, 0.3) is 0 Å². The Bertz CT molecular complexity index is 1280. The highest BCUT2D eigenvalue weighted by atomic mass is 19.4. The first kappa shape index (κ1) is 23.5. The second-order valence-corrected chi connectivity index (χ2v) is 8.38. The van der Waals surface area contributed by atoms with E-state index in [1.807, 2.05) is 25.8 Å². The van der Waals surface area contributed by atoms with Crippen LogP contribution in [0.4, 0.5) is 27.8 Å². The molecule has 1 aliphatic heterocycles.